The molecule has 3 heterocycles. The molecule has 4 rings (SSSR count). The van der Waals surface area contributed by atoms with E-state index in [1.54, 1.807) is 18.0 Å². The zero-order chi connectivity index (χ0) is 18.3. The van der Waals surface area contributed by atoms with E-state index in [9.17, 15) is 4.79 Å². The van der Waals surface area contributed by atoms with Gasteiger partial charge < -0.3 is 9.64 Å². The lowest BCUT2D eigenvalue weighted by atomic mass is 10.2. The molecule has 7 heteroatoms. The molecule has 0 radical (unpaired) electrons. The van der Waals surface area contributed by atoms with Gasteiger partial charge in [0.2, 0.25) is 0 Å². The van der Waals surface area contributed by atoms with Crippen molar-refractivity contribution in [1.82, 2.24) is 19.7 Å². The summed E-state index contributed by atoms with van der Waals surface area (Å²) in [5.41, 5.74) is 2.67. The second-order valence-corrected chi connectivity index (χ2v) is 6.76. The standard InChI is InChI=1S/C19H19ClN4O2/c1-12-16-17(20)15(19(25)23-9-3-4-10-23)11-21-18(16)24(22-12)13-5-7-14(26-2)8-6-13/h5-8,11H,3-4,9-10H2,1-2H3. The van der Waals surface area contributed by atoms with E-state index in [1.165, 1.54) is 0 Å². The van der Waals surface area contributed by atoms with Gasteiger partial charge in [0.25, 0.3) is 5.91 Å². The highest BCUT2D eigenvalue weighted by Crippen LogP contribution is 2.31. The number of aromatic nitrogens is 3. The highest BCUT2D eigenvalue weighted by molar-refractivity contribution is 6.38. The minimum Gasteiger partial charge on any atom is -0.497 e. The average molecular weight is 371 g/mol. The van der Waals surface area contributed by atoms with Crippen molar-refractivity contribution < 1.29 is 9.53 Å². The molecule has 26 heavy (non-hydrogen) atoms. The largest absolute Gasteiger partial charge is 0.497 e. The molecule has 0 spiro atoms. The van der Waals surface area contributed by atoms with E-state index in [1.807, 2.05) is 36.1 Å². The first kappa shape index (κ1) is 16.8. The Morgan fingerprint density at radius 3 is 2.54 bits per heavy atom. The number of likely N-dealkylation sites (tertiary alicyclic amines) is 1. The third-order valence-corrected chi connectivity index (χ3v) is 5.14. The zero-order valence-electron chi connectivity index (χ0n) is 14.7. The van der Waals surface area contributed by atoms with E-state index in [-0.39, 0.29) is 5.91 Å². The van der Waals surface area contributed by atoms with Gasteiger partial charge in [0.1, 0.15) is 5.75 Å². The fourth-order valence-electron chi connectivity index (χ4n) is 3.35. The zero-order valence-corrected chi connectivity index (χ0v) is 15.5. The van der Waals surface area contributed by atoms with Gasteiger partial charge in [-0.25, -0.2) is 9.67 Å². The molecule has 134 valence electrons. The molecule has 6 nitrogen and oxygen atoms in total. The second kappa shape index (κ2) is 6.61. The molecule has 0 unspecified atom stereocenters. The summed E-state index contributed by atoms with van der Waals surface area (Å²) < 4.78 is 6.94. The minimum atomic E-state index is -0.0569. The minimum absolute atomic E-state index is 0.0569. The van der Waals surface area contributed by atoms with Crippen LogP contribution in [0.5, 0.6) is 5.75 Å². The van der Waals surface area contributed by atoms with E-state index >= 15 is 0 Å². The monoisotopic (exact) mass is 370 g/mol. The SMILES string of the molecule is COc1ccc(-n2nc(C)c3c(Cl)c(C(=O)N4CCCC4)cnc32)cc1. The van der Waals surface area contributed by atoms with Crippen molar-refractivity contribution in [1.29, 1.82) is 0 Å². The first-order valence-electron chi connectivity index (χ1n) is 8.57. The van der Waals surface area contributed by atoms with Crippen LogP contribution in [0.2, 0.25) is 5.02 Å². The number of carbonyl (C=O) groups is 1. The van der Waals surface area contributed by atoms with Crippen LogP contribution in [0, 0.1) is 6.92 Å². The van der Waals surface area contributed by atoms with Crippen molar-refractivity contribution >= 4 is 28.5 Å². The fourth-order valence-corrected chi connectivity index (χ4v) is 3.70. The molecular weight excluding hydrogens is 352 g/mol. The van der Waals surface area contributed by atoms with Gasteiger partial charge in [0.05, 0.1) is 34.5 Å². The van der Waals surface area contributed by atoms with Crippen LogP contribution in [0.4, 0.5) is 0 Å². The van der Waals surface area contributed by atoms with E-state index < -0.39 is 0 Å². The van der Waals surface area contributed by atoms with Crippen molar-refractivity contribution in [2.24, 2.45) is 0 Å². The van der Waals surface area contributed by atoms with Crippen LogP contribution in [-0.4, -0.2) is 45.8 Å². The van der Waals surface area contributed by atoms with Crippen LogP contribution < -0.4 is 4.74 Å². The van der Waals surface area contributed by atoms with Gasteiger partial charge in [-0.15, -0.1) is 0 Å². The number of hydrogen-bond acceptors (Lipinski definition) is 4. The maximum Gasteiger partial charge on any atom is 0.256 e. The molecule has 0 aliphatic carbocycles. The predicted molar refractivity (Wildman–Crippen MR) is 100 cm³/mol. The first-order chi connectivity index (χ1) is 12.6. The first-order valence-corrected chi connectivity index (χ1v) is 8.95. The Bertz CT molecular complexity index is 975. The average Bonchev–Trinajstić information content (AvgIpc) is 3.30. The number of fused-ring (bicyclic) bond motifs is 1. The van der Waals surface area contributed by atoms with Gasteiger partial charge in [-0.05, 0) is 44.0 Å². The number of benzene rings is 1. The van der Waals surface area contributed by atoms with Crippen LogP contribution in [-0.2, 0) is 0 Å². The fraction of sp³-hybridized carbons (Fsp3) is 0.316. The summed E-state index contributed by atoms with van der Waals surface area (Å²) >= 11 is 6.61. The number of ether oxygens (including phenoxy) is 1. The van der Waals surface area contributed by atoms with Crippen LogP contribution in [0.25, 0.3) is 16.7 Å². The molecule has 0 N–H and O–H groups in total. The maximum atomic E-state index is 12.7. The number of nitrogens with zero attached hydrogens (tertiary/aromatic N) is 4. The Morgan fingerprint density at radius 1 is 1.19 bits per heavy atom. The van der Waals surface area contributed by atoms with E-state index in [0.717, 1.165) is 43.1 Å². The Balaban J connectivity index is 1.80. The molecular formula is C19H19ClN4O2. The molecule has 1 aromatic carbocycles. The molecule has 0 bridgehead atoms. The van der Waals surface area contributed by atoms with Crippen molar-refractivity contribution in [3.63, 3.8) is 0 Å². The third-order valence-electron chi connectivity index (χ3n) is 4.75. The normalized spacial score (nSPS) is 14.2. The Labute approximate surface area is 156 Å². The van der Waals surface area contributed by atoms with Gasteiger partial charge in [-0.2, -0.15) is 5.10 Å². The molecule has 0 atom stereocenters. The summed E-state index contributed by atoms with van der Waals surface area (Å²) in [6, 6.07) is 7.54. The molecule has 1 saturated heterocycles. The molecule has 1 aliphatic heterocycles. The maximum absolute atomic E-state index is 12.7. The number of halogens is 1. The van der Waals surface area contributed by atoms with Gasteiger partial charge in [0.15, 0.2) is 5.65 Å². The smallest absolute Gasteiger partial charge is 0.256 e. The number of amides is 1. The highest BCUT2D eigenvalue weighted by Gasteiger charge is 2.25. The van der Waals surface area contributed by atoms with Gasteiger partial charge in [-0.3, -0.25) is 4.79 Å². The lowest BCUT2D eigenvalue weighted by Gasteiger charge is -2.16. The third kappa shape index (κ3) is 2.70. The molecule has 1 aliphatic rings. The van der Waals surface area contributed by atoms with Crippen molar-refractivity contribution in [3.8, 4) is 11.4 Å². The lowest BCUT2D eigenvalue weighted by Crippen LogP contribution is -2.28. The van der Waals surface area contributed by atoms with E-state index in [2.05, 4.69) is 10.1 Å². The second-order valence-electron chi connectivity index (χ2n) is 6.38. The van der Waals surface area contributed by atoms with Crippen molar-refractivity contribution in [3.05, 3.63) is 46.7 Å². The van der Waals surface area contributed by atoms with E-state index in [4.69, 9.17) is 16.3 Å². The summed E-state index contributed by atoms with van der Waals surface area (Å²) in [6.45, 7) is 3.43. The number of aryl methyl sites for hydroxylation is 1. The van der Waals surface area contributed by atoms with Crippen LogP contribution >= 0.6 is 11.6 Å². The Morgan fingerprint density at radius 2 is 1.88 bits per heavy atom. The molecule has 1 amide bonds. The highest BCUT2D eigenvalue weighted by atomic mass is 35.5. The lowest BCUT2D eigenvalue weighted by molar-refractivity contribution is 0.0793. The summed E-state index contributed by atoms with van der Waals surface area (Å²) in [7, 11) is 1.63. The molecule has 2 aromatic heterocycles. The quantitative estimate of drug-likeness (QED) is 0.706. The van der Waals surface area contributed by atoms with Crippen LogP contribution in [0.3, 0.4) is 0 Å². The van der Waals surface area contributed by atoms with Gasteiger partial charge in [0, 0.05) is 19.3 Å². The van der Waals surface area contributed by atoms with Crippen LogP contribution in [0.15, 0.2) is 30.5 Å². The molecule has 3 aromatic rings. The molecule has 1 fully saturated rings. The Hall–Kier alpha value is -2.60. The van der Waals surface area contributed by atoms with Gasteiger partial charge in [-0.1, -0.05) is 11.6 Å². The predicted octanol–water partition coefficient (Wildman–Crippen LogP) is 3.63. The number of methoxy groups -OCH3 is 1. The number of pyridine rings is 1. The number of carbonyl (C=O) groups excluding carboxylic acids is 1. The Kier molecular flexibility index (Phi) is 4.28. The van der Waals surface area contributed by atoms with Gasteiger partial charge >= 0.3 is 0 Å². The summed E-state index contributed by atoms with van der Waals surface area (Å²) in [4.78, 5) is 19.1. The topological polar surface area (TPSA) is 60.3 Å². The van der Waals surface area contributed by atoms with Crippen molar-refractivity contribution in [2.45, 2.75) is 19.8 Å². The van der Waals surface area contributed by atoms with Crippen molar-refractivity contribution in [2.75, 3.05) is 20.2 Å². The molecule has 0 saturated carbocycles. The summed E-state index contributed by atoms with van der Waals surface area (Å²) in [5, 5.41) is 5.71. The number of hydrogen-bond donors (Lipinski definition) is 0. The summed E-state index contributed by atoms with van der Waals surface area (Å²) in [6.07, 6.45) is 3.63. The van der Waals surface area contributed by atoms with Crippen LogP contribution in [0.1, 0.15) is 28.9 Å². The summed E-state index contributed by atoms with van der Waals surface area (Å²) in [5.74, 6) is 0.713. The number of rotatable bonds is 3. The van der Waals surface area contributed by atoms with E-state index in [0.29, 0.717) is 21.6 Å².